The van der Waals surface area contributed by atoms with Gasteiger partial charge in [0, 0.05) is 0 Å². The number of methoxy groups -OCH3 is 1. The molecule has 1 amide bonds. The first-order chi connectivity index (χ1) is 13.1. The summed E-state index contributed by atoms with van der Waals surface area (Å²) in [5, 5.41) is 12.3. The molecule has 5 nitrogen and oxygen atoms in total. The van der Waals surface area contributed by atoms with Crippen molar-refractivity contribution in [2.24, 2.45) is 0 Å². The van der Waals surface area contributed by atoms with Crippen molar-refractivity contribution in [2.75, 3.05) is 13.7 Å². The van der Waals surface area contributed by atoms with Crippen molar-refractivity contribution in [3.8, 4) is 17.6 Å². The molecule has 27 heavy (non-hydrogen) atoms. The van der Waals surface area contributed by atoms with E-state index in [0.29, 0.717) is 23.7 Å². The van der Waals surface area contributed by atoms with E-state index in [4.69, 9.17) is 9.47 Å². The first-order valence-electron chi connectivity index (χ1n) is 8.87. The van der Waals surface area contributed by atoms with E-state index >= 15 is 0 Å². The zero-order valence-electron chi connectivity index (χ0n) is 15.9. The second-order valence-electron chi connectivity index (χ2n) is 6.03. The first-order valence-corrected chi connectivity index (χ1v) is 8.87. The predicted molar refractivity (Wildman–Crippen MR) is 105 cm³/mol. The minimum Gasteiger partial charge on any atom is -0.493 e. The van der Waals surface area contributed by atoms with Crippen LogP contribution in [0.5, 0.6) is 11.5 Å². The maximum absolute atomic E-state index is 12.5. The standard InChI is InChI=1S/C22H24N2O3/c1-4-12-27-20-11-10-17(14-21(20)26-3)13-19(15-23)22(25)24-16(2)18-8-6-5-7-9-18/h5-11,13-14,16H,4,12H2,1-3H3,(H,24,25)/b19-13+. The first kappa shape index (κ1) is 20.1. The summed E-state index contributed by atoms with van der Waals surface area (Å²) in [6, 6.07) is 16.7. The summed E-state index contributed by atoms with van der Waals surface area (Å²) in [7, 11) is 1.56. The Morgan fingerprint density at radius 3 is 2.59 bits per heavy atom. The monoisotopic (exact) mass is 364 g/mol. The molecule has 0 heterocycles. The lowest BCUT2D eigenvalue weighted by atomic mass is 10.1. The van der Waals surface area contributed by atoms with Crippen LogP contribution in [0.2, 0.25) is 0 Å². The Bertz CT molecular complexity index is 838. The maximum atomic E-state index is 12.5. The highest BCUT2D eigenvalue weighted by Crippen LogP contribution is 2.29. The summed E-state index contributed by atoms with van der Waals surface area (Å²) in [4.78, 5) is 12.5. The average Bonchev–Trinajstić information content (AvgIpc) is 2.71. The fourth-order valence-electron chi connectivity index (χ4n) is 2.52. The number of amides is 1. The number of rotatable bonds is 8. The molecule has 1 unspecified atom stereocenters. The fourth-order valence-corrected chi connectivity index (χ4v) is 2.52. The Balaban J connectivity index is 2.17. The summed E-state index contributed by atoms with van der Waals surface area (Å²) >= 11 is 0. The fraction of sp³-hybridized carbons (Fsp3) is 0.273. The Labute approximate surface area is 160 Å². The Kier molecular flexibility index (Phi) is 7.45. The molecule has 0 fully saturated rings. The Morgan fingerprint density at radius 2 is 1.96 bits per heavy atom. The van der Waals surface area contributed by atoms with Crippen molar-refractivity contribution in [3.63, 3.8) is 0 Å². The molecule has 140 valence electrons. The molecule has 0 bridgehead atoms. The molecule has 0 saturated carbocycles. The molecule has 0 aliphatic heterocycles. The number of nitriles is 1. The van der Waals surface area contributed by atoms with Crippen LogP contribution in [-0.2, 0) is 4.79 Å². The summed E-state index contributed by atoms with van der Waals surface area (Å²) < 4.78 is 11.0. The normalized spacial score (nSPS) is 12.0. The van der Waals surface area contributed by atoms with Gasteiger partial charge in [-0.15, -0.1) is 0 Å². The van der Waals surface area contributed by atoms with E-state index in [-0.39, 0.29) is 11.6 Å². The predicted octanol–water partition coefficient (Wildman–Crippen LogP) is 4.27. The smallest absolute Gasteiger partial charge is 0.262 e. The molecule has 0 saturated heterocycles. The molecule has 0 aliphatic carbocycles. The molecule has 0 radical (unpaired) electrons. The minimum absolute atomic E-state index is 0.0297. The summed E-state index contributed by atoms with van der Waals surface area (Å²) in [5.41, 5.74) is 1.69. The van der Waals surface area contributed by atoms with Gasteiger partial charge in [0.05, 0.1) is 19.8 Å². The summed E-state index contributed by atoms with van der Waals surface area (Å²) in [5.74, 6) is 0.781. The van der Waals surface area contributed by atoms with Gasteiger partial charge < -0.3 is 14.8 Å². The van der Waals surface area contributed by atoms with E-state index in [9.17, 15) is 10.1 Å². The van der Waals surface area contributed by atoms with E-state index < -0.39 is 5.91 Å². The molecule has 2 aromatic carbocycles. The minimum atomic E-state index is -0.417. The van der Waals surface area contributed by atoms with Gasteiger partial charge in [0.1, 0.15) is 11.6 Å². The molecule has 1 N–H and O–H groups in total. The van der Waals surface area contributed by atoms with Crippen molar-refractivity contribution in [2.45, 2.75) is 26.3 Å². The van der Waals surface area contributed by atoms with Crippen LogP contribution < -0.4 is 14.8 Å². The second-order valence-corrected chi connectivity index (χ2v) is 6.03. The van der Waals surface area contributed by atoms with E-state index in [1.54, 1.807) is 31.4 Å². The van der Waals surface area contributed by atoms with E-state index in [1.807, 2.05) is 50.2 Å². The van der Waals surface area contributed by atoms with Crippen molar-refractivity contribution in [1.29, 1.82) is 5.26 Å². The molecule has 0 aromatic heterocycles. The Morgan fingerprint density at radius 1 is 1.22 bits per heavy atom. The lowest BCUT2D eigenvalue weighted by Crippen LogP contribution is -2.27. The molecular formula is C22H24N2O3. The average molecular weight is 364 g/mol. The highest BCUT2D eigenvalue weighted by molar-refractivity contribution is 6.01. The van der Waals surface area contributed by atoms with E-state index in [1.165, 1.54) is 0 Å². The molecular weight excluding hydrogens is 340 g/mol. The largest absolute Gasteiger partial charge is 0.493 e. The zero-order chi connectivity index (χ0) is 19.6. The molecule has 2 aromatic rings. The van der Waals surface area contributed by atoms with Gasteiger partial charge >= 0.3 is 0 Å². The highest BCUT2D eigenvalue weighted by atomic mass is 16.5. The molecule has 0 aliphatic rings. The maximum Gasteiger partial charge on any atom is 0.262 e. The molecule has 2 rings (SSSR count). The highest BCUT2D eigenvalue weighted by Gasteiger charge is 2.14. The second kappa shape index (κ2) is 10.0. The van der Waals surface area contributed by atoms with Gasteiger partial charge in [-0.2, -0.15) is 5.26 Å². The number of nitrogens with zero attached hydrogens (tertiary/aromatic N) is 1. The van der Waals surface area contributed by atoms with Gasteiger partial charge in [-0.3, -0.25) is 4.79 Å². The van der Waals surface area contributed by atoms with Crippen molar-refractivity contribution >= 4 is 12.0 Å². The van der Waals surface area contributed by atoms with Crippen LogP contribution in [0.25, 0.3) is 6.08 Å². The van der Waals surface area contributed by atoms with Gasteiger partial charge in [-0.25, -0.2) is 0 Å². The van der Waals surface area contributed by atoms with Crippen LogP contribution >= 0.6 is 0 Å². The van der Waals surface area contributed by atoms with Crippen LogP contribution in [0.15, 0.2) is 54.1 Å². The van der Waals surface area contributed by atoms with Gasteiger partial charge in [0.2, 0.25) is 0 Å². The molecule has 1 atom stereocenters. The number of carbonyl (C=O) groups excluding carboxylic acids is 1. The SMILES string of the molecule is CCCOc1ccc(/C=C(\C#N)C(=O)NC(C)c2ccccc2)cc1OC. The lowest BCUT2D eigenvalue weighted by Gasteiger charge is -2.14. The van der Waals surface area contributed by atoms with Crippen LogP contribution in [0.1, 0.15) is 37.4 Å². The van der Waals surface area contributed by atoms with Gasteiger partial charge in [-0.05, 0) is 42.7 Å². The zero-order valence-corrected chi connectivity index (χ0v) is 15.9. The third-order valence-corrected chi connectivity index (χ3v) is 3.97. The quantitative estimate of drug-likeness (QED) is 0.561. The summed E-state index contributed by atoms with van der Waals surface area (Å²) in [6.45, 7) is 4.50. The topological polar surface area (TPSA) is 71.3 Å². The lowest BCUT2D eigenvalue weighted by molar-refractivity contribution is -0.117. The number of benzene rings is 2. The van der Waals surface area contributed by atoms with Crippen LogP contribution in [-0.4, -0.2) is 19.6 Å². The number of hydrogen-bond donors (Lipinski definition) is 1. The van der Waals surface area contributed by atoms with Crippen molar-refractivity contribution in [3.05, 3.63) is 65.2 Å². The molecule has 0 spiro atoms. The van der Waals surface area contributed by atoms with Gasteiger partial charge in [0.15, 0.2) is 11.5 Å². The number of ether oxygens (including phenoxy) is 2. The number of nitrogens with one attached hydrogen (secondary N) is 1. The molecule has 5 heteroatoms. The third kappa shape index (κ3) is 5.61. The van der Waals surface area contributed by atoms with Crippen LogP contribution in [0.3, 0.4) is 0 Å². The number of carbonyl (C=O) groups is 1. The van der Waals surface area contributed by atoms with Crippen LogP contribution in [0, 0.1) is 11.3 Å². The number of hydrogen-bond acceptors (Lipinski definition) is 4. The van der Waals surface area contributed by atoms with Crippen molar-refractivity contribution < 1.29 is 14.3 Å². The van der Waals surface area contributed by atoms with Gasteiger partial charge in [0.25, 0.3) is 5.91 Å². The van der Waals surface area contributed by atoms with E-state index in [2.05, 4.69) is 5.32 Å². The summed E-state index contributed by atoms with van der Waals surface area (Å²) in [6.07, 6.45) is 2.43. The Hall–Kier alpha value is -3.26. The third-order valence-electron chi connectivity index (χ3n) is 3.97. The van der Waals surface area contributed by atoms with Gasteiger partial charge in [-0.1, -0.05) is 43.3 Å². The van der Waals surface area contributed by atoms with E-state index in [0.717, 1.165) is 12.0 Å². The van der Waals surface area contributed by atoms with Crippen LogP contribution in [0.4, 0.5) is 0 Å². The van der Waals surface area contributed by atoms with Crippen molar-refractivity contribution in [1.82, 2.24) is 5.32 Å².